The predicted molar refractivity (Wildman–Crippen MR) is 103 cm³/mol. The second kappa shape index (κ2) is 9.94. The van der Waals surface area contributed by atoms with Gasteiger partial charge in [-0.05, 0) is 49.6 Å². The number of nitrogens with one attached hydrogen (secondary N) is 1. The van der Waals surface area contributed by atoms with E-state index >= 15 is 0 Å². The molecule has 0 amide bonds. The Morgan fingerprint density at radius 3 is 2.63 bits per heavy atom. The predicted octanol–water partition coefficient (Wildman–Crippen LogP) is 2.62. The Morgan fingerprint density at radius 2 is 1.89 bits per heavy atom. The van der Waals surface area contributed by atoms with E-state index < -0.39 is 16.0 Å². The minimum atomic E-state index is -3.83. The summed E-state index contributed by atoms with van der Waals surface area (Å²) in [7, 11) is -3.83. The molecule has 0 aliphatic carbocycles. The lowest BCUT2D eigenvalue weighted by Gasteiger charge is -2.13. The number of aryl methyl sites for hydroxylation is 1. The highest BCUT2D eigenvalue weighted by molar-refractivity contribution is 7.92. The monoisotopic (exact) mass is 392 g/mol. The van der Waals surface area contributed by atoms with Gasteiger partial charge in [-0.25, -0.2) is 8.42 Å². The largest absolute Gasteiger partial charge is 0.494 e. The van der Waals surface area contributed by atoms with Gasteiger partial charge in [0.25, 0.3) is 10.0 Å². The molecular weight excluding hydrogens is 368 g/mol. The minimum absolute atomic E-state index is 0.0758. The van der Waals surface area contributed by atoms with Crippen molar-refractivity contribution in [1.29, 1.82) is 0 Å². The molecule has 0 aliphatic rings. The van der Waals surface area contributed by atoms with Crippen molar-refractivity contribution >= 4 is 21.7 Å². The second-order valence-corrected chi connectivity index (χ2v) is 7.66. The fraction of sp³-hybridized carbons (Fsp3) is 0.316. The van der Waals surface area contributed by atoms with E-state index in [1.807, 2.05) is 0 Å². The molecule has 0 saturated carbocycles. The van der Waals surface area contributed by atoms with Gasteiger partial charge in [-0.2, -0.15) is 0 Å². The van der Waals surface area contributed by atoms with Crippen molar-refractivity contribution < 1.29 is 23.1 Å². The molecule has 0 bridgehead atoms. The molecule has 2 aromatic carbocycles. The zero-order chi connectivity index (χ0) is 19.7. The number of ether oxygens (including phenoxy) is 1. The van der Waals surface area contributed by atoms with Crippen LogP contribution in [0.3, 0.4) is 0 Å². The summed E-state index contributed by atoms with van der Waals surface area (Å²) in [6, 6.07) is 13.0. The van der Waals surface area contributed by atoms with Crippen LogP contribution in [0.25, 0.3) is 0 Å². The molecule has 146 valence electrons. The summed E-state index contributed by atoms with van der Waals surface area (Å²) in [4.78, 5) is 10.9. The number of para-hydroxylation sites is 1. The molecule has 0 heterocycles. The summed E-state index contributed by atoms with van der Waals surface area (Å²) >= 11 is 0. The first-order valence-corrected chi connectivity index (χ1v) is 10.2. The summed E-state index contributed by atoms with van der Waals surface area (Å²) < 4.78 is 33.5. The highest BCUT2D eigenvalue weighted by Gasteiger charge is 2.17. The summed E-state index contributed by atoms with van der Waals surface area (Å²) in [6.45, 7) is 1.05. The van der Waals surface area contributed by atoms with Crippen LogP contribution in [-0.4, -0.2) is 32.6 Å². The third-order valence-electron chi connectivity index (χ3n) is 3.85. The van der Waals surface area contributed by atoms with Gasteiger partial charge < -0.3 is 15.6 Å². The van der Waals surface area contributed by atoms with E-state index in [1.54, 1.807) is 36.4 Å². The van der Waals surface area contributed by atoms with Gasteiger partial charge in [-0.1, -0.05) is 24.3 Å². The summed E-state index contributed by atoms with van der Waals surface area (Å²) in [5, 5.41) is 8.85. The van der Waals surface area contributed by atoms with Gasteiger partial charge in [0.05, 0.1) is 17.2 Å². The van der Waals surface area contributed by atoms with Crippen molar-refractivity contribution in [2.75, 3.05) is 17.9 Å². The number of aliphatic carboxylic acids is 1. The molecule has 0 spiro atoms. The van der Waals surface area contributed by atoms with E-state index in [4.69, 9.17) is 15.6 Å². The van der Waals surface area contributed by atoms with Crippen LogP contribution in [0.4, 0.5) is 5.69 Å². The third-order valence-corrected chi connectivity index (χ3v) is 5.22. The second-order valence-electron chi connectivity index (χ2n) is 5.98. The smallest absolute Gasteiger partial charge is 0.303 e. The maximum Gasteiger partial charge on any atom is 0.303 e. The summed E-state index contributed by atoms with van der Waals surface area (Å²) in [6.07, 6.45) is 1.79. The van der Waals surface area contributed by atoms with Crippen LogP contribution in [-0.2, 0) is 21.2 Å². The van der Waals surface area contributed by atoms with E-state index in [1.165, 1.54) is 12.1 Å². The number of hydrogen-bond acceptors (Lipinski definition) is 5. The molecule has 8 heteroatoms. The standard InChI is InChI=1S/C19H24N2O5S/c20-12-3-4-13-26-16-7-5-8-17(14-16)27(24,25)21-18-9-2-1-6-15(18)10-11-19(22)23/h1-2,5-9,14,21H,3-4,10-13,20H2,(H,22,23). The average Bonchev–Trinajstić information content (AvgIpc) is 2.64. The number of sulfonamides is 1. The molecule has 0 fully saturated rings. The third kappa shape index (κ3) is 6.58. The number of nitrogens with two attached hydrogens (primary N) is 1. The zero-order valence-corrected chi connectivity index (χ0v) is 15.7. The van der Waals surface area contributed by atoms with Crippen molar-refractivity contribution in [3.05, 3.63) is 54.1 Å². The van der Waals surface area contributed by atoms with Crippen LogP contribution < -0.4 is 15.2 Å². The molecule has 0 radical (unpaired) electrons. The Balaban J connectivity index is 2.14. The molecule has 2 aromatic rings. The number of carboxylic acids is 1. The molecule has 0 atom stereocenters. The van der Waals surface area contributed by atoms with Gasteiger partial charge in [-0.3, -0.25) is 9.52 Å². The van der Waals surface area contributed by atoms with Crippen LogP contribution in [0.1, 0.15) is 24.8 Å². The molecule has 4 N–H and O–H groups in total. The maximum atomic E-state index is 12.7. The number of anilines is 1. The van der Waals surface area contributed by atoms with Gasteiger partial charge in [-0.15, -0.1) is 0 Å². The van der Waals surface area contributed by atoms with Crippen LogP contribution in [0.2, 0.25) is 0 Å². The molecular formula is C19H24N2O5S. The van der Waals surface area contributed by atoms with Crippen LogP contribution in [0, 0.1) is 0 Å². The Hall–Kier alpha value is -2.58. The van der Waals surface area contributed by atoms with Gasteiger partial charge in [0.1, 0.15) is 5.75 Å². The van der Waals surface area contributed by atoms with Crippen molar-refractivity contribution in [2.24, 2.45) is 5.73 Å². The highest BCUT2D eigenvalue weighted by atomic mass is 32.2. The van der Waals surface area contributed by atoms with E-state index in [-0.39, 0.29) is 17.7 Å². The lowest BCUT2D eigenvalue weighted by Crippen LogP contribution is -2.14. The molecule has 0 aliphatic heterocycles. The van der Waals surface area contributed by atoms with Crippen LogP contribution >= 0.6 is 0 Å². The Labute approximate surface area is 159 Å². The number of benzene rings is 2. The van der Waals surface area contributed by atoms with Gasteiger partial charge in [0, 0.05) is 12.5 Å². The summed E-state index contributed by atoms with van der Waals surface area (Å²) in [5.74, 6) is -0.471. The number of unbranched alkanes of at least 4 members (excludes halogenated alkanes) is 1. The fourth-order valence-electron chi connectivity index (χ4n) is 2.45. The van der Waals surface area contributed by atoms with E-state index in [0.29, 0.717) is 30.2 Å². The molecule has 2 rings (SSSR count). The average molecular weight is 392 g/mol. The number of carbonyl (C=O) groups is 1. The Bertz CT molecular complexity index is 868. The van der Waals surface area contributed by atoms with Gasteiger partial charge >= 0.3 is 5.97 Å². The van der Waals surface area contributed by atoms with Gasteiger partial charge in [0.2, 0.25) is 0 Å². The number of rotatable bonds is 11. The van der Waals surface area contributed by atoms with E-state index in [2.05, 4.69) is 4.72 Å². The first-order chi connectivity index (χ1) is 12.9. The molecule has 27 heavy (non-hydrogen) atoms. The van der Waals surface area contributed by atoms with Crippen molar-refractivity contribution in [1.82, 2.24) is 0 Å². The summed E-state index contributed by atoms with van der Waals surface area (Å²) in [5.41, 5.74) is 6.43. The lowest BCUT2D eigenvalue weighted by molar-refractivity contribution is -0.136. The molecule has 7 nitrogen and oxygen atoms in total. The van der Waals surface area contributed by atoms with Crippen molar-refractivity contribution in [3.8, 4) is 5.75 Å². The molecule has 0 unspecified atom stereocenters. The lowest BCUT2D eigenvalue weighted by atomic mass is 10.1. The minimum Gasteiger partial charge on any atom is -0.494 e. The van der Waals surface area contributed by atoms with Gasteiger partial charge in [0.15, 0.2) is 0 Å². The van der Waals surface area contributed by atoms with Crippen molar-refractivity contribution in [3.63, 3.8) is 0 Å². The molecule has 0 aromatic heterocycles. The number of carboxylic acid groups (broad SMARTS) is 1. The normalized spacial score (nSPS) is 11.1. The number of hydrogen-bond donors (Lipinski definition) is 3. The SMILES string of the molecule is NCCCCOc1cccc(S(=O)(=O)Nc2ccccc2CCC(=O)O)c1. The zero-order valence-electron chi connectivity index (χ0n) is 14.9. The first kappa shape index (κ1) is 20.7. The first-order valence-electron chi connectivity index (χ1n) is 8.68. The maximum absolute atomic E-state index is 12.7. The topological polar surface area (TPSA) is 119 Å². The highest BCUT2D eigenvalue weighted by Crippen LogP contribution is 2.23. The van der Waals surface area contributed by atoms with Crippen molar-refractivity contribution in [2.45, 2.75) is 30.6 Å². The fourth-order valence-corrected chi connectivity index (χ4v) is 3.59. The van der Waals surface area contributed by atoms with E-state index in [9.17, 15) is 13.2 Å². The Kier molecular flexibility index (Phi) is 7.63. The Morgan fingerprint density at radius 1 is 1.11 bits per heavy atom. The molecule has 0 saturated heterocycles. The van der Waals surface area contributed by atoms with E-state index in [0.717, 1.165) is 12.8 Å². The van der Waals surface area contributed by atoms with Crippen LogP contribution in [0.5, 0.6) is 5.75 Å². The quantitative estimate of drug-likeness (QED) is 0.506. The van der Waals surface area contributed by atoms with Crippen LogP contribution in [0.15, 0.2) is 53.4 Å².